The van der Waals surface area contributed by atoms with Crippen LogP contribution in [0.25, 0.3) is 0 Å². The Labute approximate surface area is 102 Å². The van der Waals surface area contributed by atoms with E-state index in [1.54, 1.807) is 0 Å². The van der Waals surface area contributed by atoms with Gasteiger partial charge in [-0.1, -0.05) is 43.1 Å². The zero-order chi connectivity index (χ0) is 11.3. The summed E-state index contributed by atoms with van der Waals surface area (Å²) in [6.07, 6.45) is 2.25. The average Bonchev–Trinajstić information content (AvgIpc) is 2.23. The lowest BCUT2D eigenvalue weighted by Gasteiger charge is -2.15. The van der Waals surface area contributed by atoms with Crippen LogP contribution in [0.4, 0.5) is 0 Å². The highest BCUT2D eigenvalue weighted by atomic mass is 35.5. The van der Waals surface area contributed by atoms with Gasteiger partial charge in [0.2, 0.25) is 0 Å². The second-order valence-electron chi connectivity index (χ2n) is 3.59. The van der Waals surface area contributed by atoms with Gasteiger partial charge < -0.3 is 5.32 Å². The molecule has 0 unspecified atom stereocenters. The Hall–Kier alpha value is -0.240. The van der Waals surface area contributed by atoms with Crippen LogP contribution in [0.15, 0.2) is 18.2 Å². The molecule has 0 bridgehead atoms. The molecule has 0 atom stereocenters. The van der Waals surface area contributed by atoms with E-state index in [1.165, 1.54) is 0 Å². The Bertz CT molecular complexity index is 288. The molecular weight excluding hydrogens is 229 g/mol. The summed E-state index contributed by atoms with van der Waals surface area (Å²) in [6, 6.07) is 6.15. The normalized spacial score (nSPS) is 11.0. The molecule has 0 aliphatic heterocycles. The van der Waals surface area contributed by atoms with Crippen molar-refractivity contribution in [3.05, 3.63) is 33.8 Å². The summed E-state index contributed by atoms with van der Waals surface area (Å²) >= 11 is 12.1. The minimum absolute atomic E-state index is 0.539. The zero-order valence-corrected chi connectivity index (χ0v) is 10.7. The third kappa shape index (κ3) is 3.67. The van der Waals surface area contributed by atoms with Crippen molar-refractivity contribution in [2.75, 3.05) is 0 Å². The predicted octanol–water partition coefficient (Wildman–Crippen LogP) is 4.27. The molecule has 1 N–H and O–H groups in total. The van der Waals surface area contributed by atoms with E-state index < -0.39 is 0 Å². The number of hydrogen-bond donors (Lipinski definition) is 1. The van der Waals surface area contributed by atoms with E-state index in [4.69, 9.17) is 23.2 Å². The molecule has 1 rings (SSSR count). The first-order chi connectivity index (χ1) is 7.19. The lowest BCUT2D eigenvalue weighted by Crippen LogP contribution is -2.27. The van der Waals surface area contributed by atoms with Gasteiger partial charge in [0.1, 0.15) is 0 Å². The van der Waals surface area contributed by atoms with Crippen molar-refractivity contribution in [3.8, 4) is 0 Å². The Morgan fingerprint density at radius 2 is 1.67 bits per heavy atom. The molecular formula is C12H17Cl2N. The average molecular weight is 246 g/mol. The zero-order valence-electron chi connectivity index (χ0n) is 9.19. The predicted molar refractivity (Wildman–Crippen MR) is 67.7 cm³/mol. The Morgan fingerprint density at radius 1 is 1.13 bits per heavy atom. The first-order valence-corrected chi connectivity index (χ1v) is 6.10. The molecule has 0 saturated heterocycles. The minimum atomic E-state index is 0.539. The smallest absolute Gasteiger partial charge is 0.0465 e. The van der Waals surface area contributed by atoms with E-state index in [9.17, 15) is 0 Å². The number of halogens is 2. The SMILES string of the molecule is CCC(CC)NCc1c(Cl)cccc1Cl. The van der Waals surface area contributed by atoms with E-state index in [-0.39, 0.29) is 0 Å². The summed E-state index contributed by atoms with van der Waals surface area (Å²) in [6.45, 7) is 5.09. The van der Waals surface area contributed by atoms with E-state index >= 15 is 0 Å². The van der Waals surface area contributed by atoms with E-state index in [1.807, 2.05) is 18.2 Å². The standard InChI is InChI=1S/C12H17Cl2N/c1-3-9(4-2)15-8-10-11(13)6-5-7-12(10)14/h5-7,9,15H,3-4,8H2,1-2H3. The van der Waals surface area contributed by atoms with Crippen molar-refractivity contribution in [3.63, 3.8) is 0 Å². The van der Waals surface area contributed by atoms with E-state index in [0.29, 0.717) is 6.04 Å². The van der Waals surface area contributed by atoms with Gasteiger partial charge in [-0.3, -0.25) is 0 Å². The van der Waals surface area contributed by atoms with Crippen LogP contribution in [0.1, 0.15) is 32.3 Å². The second kappa shape index (κ2) is 6.37. The van der Waals surface area contributed by atoms with E-state index in [2.05, 4.69) is 19.2 Å². The molecule has 1 nitrogen and oxygen atoms in total. The summed E-state index contributed by atoms with van der Waals surface area (Å²) in [5.41, 5.74) is 0.993. The van der Waals surface area contributed by atoms with Crippen LogP contribution in [-0.2, 0) is 6.54 Å². The van der Waals surface area contributed by atoms with Crippen molar-refractivity contribution in [2.45, 2.75) is 39.3 Å². The Morgan fingerprint density at radius 3 is 2.13 bits per heavy atom. The maximum absolute atomic E-state index is 6.07. The second-order valence-corrected chi connectivity index (χ2v) is 4.41. The molecule has 0 aromatic heterocycles. The first-order valence-electron chi connectivity index (χ1n) is 5.35. The fourth-order valence-electron chi connectivity index (χ4n) is 1.52. The lowest BCUT2D eigenvalue weighted by molar-refractivity contribution is 0.484. The molecule has 1 aromatic carbocycles. The fraction of sp³-hybridized carbons (Fsp3) is 0.500. The van der Waals surface area contributed by atoms with Crippen LogP contribution in [0.5, 0.6) is 0 Å². The molecule has 0 aliphatic carbocycles. The molecule has 0 spiro atoms. The first kappa shape index (κ1) is 12.8. The van der Waals surface area contributed by atoms with Crippen molar-refractivity contribution in [1.82, 2.24) is 5.32 Å². The third-order valence-electron chi connectivity index (χ3n) is 2.61. The molecule has 0 amide bonds. The number of rotatable bonds is 5. The number of benzene rings is 1. The third-order valence-corrected chi connectivity index (χ3v) is 3.32. The molecule has 1 aromatic rings. The molecule has 0 heterocycles. The van der Waals surface area contributed by atoms with Crippen molar-refractivity contribution < 1.29 is 0 Å². The van der Waals surface area contributed by atoms with Crippen molar-refractivity contribution in [2.24, 2.45) is 0 Å². The molecule has 0 fully saturated rings. The Balaban J connectivity index is 2.64. The van der Waals surface area contributed by atoms with Gasteiger partial charge in [0.25, 0.3) is 0 Å². The van der Waals surface area contributed by atoms with Gasteiger partial charge in [0, 0.05) is 28.2 Å². The van der Waals surface area contributed by atoms with Crippen molar-refractivity contribution >= 4 is 23.2 Å². The summed E-state index contributed by atoms with van der Waals surface area (Å²) in [5.74, 6) is 0. The number of nitrogens with one attached hydrogen (secondary N) is 1. The van der Waals surface area contributed by atoms with Crippen LogP contribution >= 0.6 is 23.2 Å². The molecule has 0 aliphatic rings. The van der Waals surface area contributed by atoms with Gasteiger partial charge in [-0.25, -0.2) is 0 Å². The molecule has 3 heteroatoms. The van der Waals surface area contributed by atoms with Crippen molar-refractivity contribution in [1.29, 1.82) is 0 Å². The van der Waals surface area contributed by atoms with Gasteiger partial charge in [0.05, 0.1) is 0 Å². The lowest BCUT2D eigenvalue weighted by atomic mass is 10.1. The van der Waals surface area contributed by atoms with Gasteiger partial charge >= 0.3 is 0 Å². The van der Waals surface area contributed by atoms with Crippen LogP contribution in [0, 0.1) is 0 Å². The quantitative estimate of drug-likeness (QED) is 0.817. The molecule has 15 heavy (non-hydrogen) atoms. The van der Waals surface area contributed by atoms with Gasteiger partial charge in [-0.15, -0.1) is 0 Å². The van der Waals surface area contributed by atoms with Gasteiger partial charge in [-0.05, 0) is 25.0 Å². The molecule has 0 saturated carbocycles. The maximum Gasteiger partial charge on any atom is 0.0465 e. The highest BCUT2D eigenvalue weighted by molar-refractivity contribution is 6.35. The van der Waals surface area contributed by atoms with Gasteiger partial charge in [-0.2, -0.15) is 0 Å². The summed E-state index contributed by atoms with van der Waals surface area (Å²) in [7, 11) is 0. The van der Waals surface area contributed by atoms with Crippen LogP contribution in [0.2, 0.25) is 10.0 Å². The topological polar surface area (TPSA) is 12.0 Å². The van der Waals surface area contributed by atoms with Crippen LogP contribution in [0.3, 0.4) is 0 Å². The van der Waals surface area contributed by atoms with Gasteiger partial charge in [0.15, 0.2) is 0 Å². The van der Waals surface area contributed by atoms with E-state index in [0.717, 1.165) is 35.0 Å². The largest absolute Gasteiger partial charge is 0.310 e. The maximum atomic E-state index is 6.07. The highest BCUT2D eigenvalue weighted by Gasteiger charge is 2.07. The highest BCUT2D eigenvalue weighted by Crippen LogP contribution is 2.24. The summed E-state index contributed by atoms with van der Waals surface area (Å²) in [4.78, 5) is 0. The molecule has 84 valence electrons. The molecule has 0 radical (unpaired) electrons. The van der Waals surface area contributed by atoms with Crippen LogP contribution in [-0.4, -0.2) is 6.04 Å². The number of hydrogen-bond acceptors (Lipinski definition) is 1. The summed E-state index contributed by atoms with van der Waals surface area (Å²) < 4.78 is 0. The summed E-state index contributed by atoms with van der Waals surface area (Å²) in [5, 5.41) is 4.92. The Kier molecular flexibility index (Phi) is 5.44. The van der Waals surface area contributed by atoms with Crippen LogP contribution < -0.4 is 5.32 Å². The fourth-order valence-corrected chi connectivity index (χ4v) is 2.06. The monoisotopic (exact) mass is 245 g/mol. The minimum Gasteiger partial charge on any atom is -0.310 e.